The smallest absolute Gasteiger partial charge is 0.340 e. The number of carbonyl (C=O) groups excluding carboxylic acids is 1. The molecule has 0 saturated carbocycles. The van der Waals surface area contributed by atoms with Gasteiger partial charge >= 0.3 is 5.97 Å². The van der Waals surface area contributed by atoms with Gasteiger partial charge in [-0.15, -0.1) is 0 Å². The normalized spacial score (nSPS) is 11.5. The lowest BCUT2D eigenvalue weighted by molar-refractivity contribution is -0.0258. The largest absolute Gasteiger partial charge is 0.496 e. The molecule has 0 aliphatic heterocycles. The summed E-state index contributed by atoms with van der Waals surface area (Å²) in [5.74, 6) is -0.168. The van der Waals surface area contributed by atoms with Crippen LogP contribution in [-0.2, 0) is 26.2 Å². The van der Waals surface area contributed by atoms with Crippen LogP contribution in [0, 0.1) is 6.92 Å². The topological polar surface area (TPSA) is 82.1 Å². The quantitative estimate of drug-likeness (QED) is 0.512. The summed E-state index contributed by atoms with van der Waals surface area (Å²) >= 11 is 6.05. The van der Waals surface area contributed by atoms with Gasteiger partial charge in [0, 0.05) is 12.6 Å². The minimum Gasteiger partial charge on any atom is -0.496 e. The molecule has 2 aromatic rings. The number of hydrogen-bond acceptors (Lipinski definition) is 6. The highest BCUT2D eigenvalue weighted by Crippen LogP contribution is 2.25. The molecule has 7 nitrogen and oxygen atoms in total. The van der Waals surface area contributed by atoms with Crippen molar-refractivity contribution in [2.45, 2.75) is 18.4 Å². The summed E-state index contributed by atoms with van der Waals surface area (Å²) in [7, 11) is 0.0629. The lowest BCUT2D eigenvalue weighted by Gasteiger charge is -2.15. The van der Waals surface area contributed by atoms with E-state index in [9.17, 15) is 13.2 Å². The number of hydrogen-bond donors (Lipinski definition) is 0. The number of halogens is 1. The molecule has 0 amide bonds. The van der Waals surface area contributed by atoms with E-state index in [0.717, 1.165) is 11.6 Å². The second kappa shape index (κ2) is 8.71. The summed E-state index contributed by atoms with van der Waals surface area (Å²) < 4.78 is 35.9. The van der Waals surface area contributed by atoms with E-state index in [-0.39, 0.29) is 22.1 Å². The van der Waals surface area contributed by atoms with E-state index in [2.05, 4.69) is 0 Å². The Morgan fingerprint density at radius 3 is 2.48 bits per heavy atom. The third kappa shape index (κ3) is 4.78. The Morgan fingerprint density at radius 2 is 1.85 bits per heavy atom. The molecule has 0 aliphatic carbocycles. The molecule has 0 unspecified atom stereocenters. The molecule has 9 heteroatoms. The zero-order valence-corrected chi connectivity index (χ0v) is 16.9. The third-order valence-corrected chi connectivity index (χ3v) is 5.85. The number of methoxy groups -OCH3 is 1. The van der Waals surface area contributed by atoms with E-state index in [1.54, 1.807) is 6.07 Å². The van der Waals surface area contributed by atoms with Crippen LogP contribution >= 0.6 is 11.6 Å². The third-order valence-electron chi connectivity index (χ3n) is 3.85. The van der Waals surface area contributed by atoms with Crippen molar-refractivity contribution in [1.29, 1.82) is 0 Å². The molecule has 0 fully saturated rings. The monoisotopic (exact) mass is 413 g/mol. The van der Waals surface area contributed by atoms with Crippen molar-refractivity contribution in [3.63, 3.8) is 0 Å². The van der Waals surface area contributed by atoms with Crippen LogP contribution in [0.2, 0.25) is 5.02 Å². The van der Waals surface area contributed by atoms with Gasteiger partial charge in [-0.25, -0.2) is 13.2 Å². The van der Waals surface area contributed by atoms with Crippen molar-refractivity contribution in [3.8, 4) is 5.75 Å². The predicted octanol–water partition coefficient (Wildman–Crippen LogP) is 3.20. The van der Waals surface area contributed by atoms with Crippen molar-refractivity contribution in [2.24, 2.45) is 0 Å². The SMILES string of the molecule is COc1ccc(C)cc1COC(=O)c1cc(S(=O)(=O)N(C)OC)ccc1Cl. The Labute approximate surface area is 163 Å². The summed E-state index contributed by atoms with van der Waals surface area (Å²) in [6, 6.07) is 9.25. The Kier molecular flexibility index (Phi) is 6.83. The van der Waals surface area contributed by atoms with E-state index in [0.29, 0.717) is 15.8 Å². The summed E-state index contributed by atoms with van der Waals surface area (Å²) in [6.07, 6.45) is 0. The van der Waals surface area contributed by atoms with Crippen LogP contribution in [0.4, 0.5) is 0 Å². The van der Waals surface area contributed by atoms with Gasteiger partial charge in [-0.05, 0) is 37.3 Å². The molecule has 0 heterocycles. The minimum atomic E-state index is -3.92. The van der Waals surface area contributed by atoms with Gasteiger partial charge < -0.3 is 9.47 Å². The first-order chi connectivity index (χ1) is 12.7. The average Bonchev–Trinajstić information content (AvgIpc) is 2.65. The number of nitrogens with zero attached hydrogens (tertiary/aromatic N) is 1. The summed E-state index contributed by atoms with van der Waals surface area (Å²) in [5.41, 5.74) is 1.61. The van der Waals surface area contributed by atoms with Gasteiger partial charge in [0.25, 0.3) is 10.0 Å². The Hall–Kier alpha value is -2.13. The van der Waals surface area contributed by atoms with E-state index in [1.807, 2.05) is 19.1 Å². The van der Waals surface area contributed by atoms with Crippen molar-refractivity contribution in [1.82, 2.24) is 4.47 Å². The lowest BCUT2D eigenvalue weighted by Crippen LogP contribution is -2.26. The van der Waals surface area contributed by atoms with Crippen LogP contribution in [0.3, 0.4) is 0 Å². The molecule has 0 bridgehead atoms. The molecule has 2 rings (SSSR count). The number of ether oxygens (including phenoxy) is 2. The number of aryl methyl sites for hydroxylation is 1. The van der Waals surface area contributed by atoms with Crippen molar-refractivity contribution in [2.75, 3.05) is 21.3 Å². The second-order valence-electron chi connectivity index (χ2n) is 5.63. The number of rotatable bonds is 7. The fourth-order valence-electron chi connectivity index (χ4n) is 2.31. The number of benzene rings is 2. The highest BCUT2D eigenvalue weighted by Gasteiger charge is 2.24. The average molecular weight is 414 g/mol. The van der Waals surface area contributed by atoms with Crippen LogP contribution in [0.5, 0.6) is 5.75 Å². The molecular formula is C18H20ClNO6S. The van der Waals surface area contributed by atoms with Crippen LogP contribution in [0.1, 0.15) is 21.5 Å². The standard InChI is InChI=1S/C18H20ClNO6S/c1-12-5-8-17(24-3)13(9-12)11-26-18(21)15-10-14(6-7-16(15)19)27(22,23)20(2)25-4/h5-10H,11H2,1-4H3. The number of sulfonamides is 1. The Balaban J connectivity index is 2.27. The number of esters is 1. The van der Waals surface area contributed by atoms with Crippen LogP contribution in [-0.4, -0.2) is 40.1 Å². The summed E-state index contributed by atoms with van der Waals surface area (Å²) in [5, 5.41) is 0.0789. The highest BCUT2D eigenvalue weighted by atomic mass is 35.5. The zero-order valence-electron chi connectivity index (χ0n) is 15.4. The fourth-order valence-corrected chi connectivity index (χ4v) is 3.50. The van der Waals surface area contributed by atoms with E-state index < -0.39 is 16.0 Å². The minimum absolute atomic E-state index is 0.0467. The van der Waals surface area contributed by atoms with Gasteiger partial charge in [0.05, 0.1) is 29.7 Å². The highest BCUT2D eigenvalue weighted by molar-refractivity contribution is 7.89. The fraction of sp³-hybridized carbons (Fsp3) is 0.278. The molecule has 0 N–H and O–H groups in total. The molecule has 27 heavy (non-hydrogen) atoms. The molecule has 0 spiro atoms. The summed E-state index contributed by atoms with van der Waals surface area (Å²) in [4.78, 5) is 17.0. The Bertz CT molecular complexity index is 945. The maximum atomic E-state index is 12.5. The molecule has 2 aromatic carbocycles. The van der Waals surface area contributed by atoms with E-state index in [4.69, 9.17) is 25.9 Å². The van der Waals surface area contributed by atoms with Gasteiger partial charge in [0.1, 0.15) is 12.4 Å². The first-order valence-electron chi connectivity index (χ1n) is 7.84. The second-order valence-corrected chi connectivity index (χ2v) is 7.97. The molecule has 0 atom stereocenters. The van der Waals surface area contributed by atoms with Gasteiger partial charge in [-0.3, -0.25) is 4.84 Å². The van der Waals surface area contributed by atoms with Crippen LogP contribution in [0.25, 0.3) is 0 Å². The van der Waals surface area contributed by atoms with Crippen LogP contribution in [0.15, 0.2) is 41.3 Å². The molecule has 146 valence electrons. The lowest BCUT2D eigenvalue weighted by atomic mass is 10.1. The van der Waals surface area contributed by atoms with Crippen LogP contribution < -0.4 is 4.74 Å². The molecule has 0 radical (unpaired) electrons. The van der Waals surface area contributed by atoms with Crippen molar-refractivity contribution in [3.05, 3.63) is 58.1 Å². The summed E-state index contributed by atoms with van der Waals surface area (Å²) in [6.45, 7) is 1.86. The van der Waals surface area contributed by atoms with E-state index in [1.165, 1.54) is 33.4 Å². The Morgan fingerprint density at radius 1 is 1.15 bits per heavy atom. The molecule has 0 saturated heterocycles. The first kappa shape index (κ1) is 21.2. The molecular weight excluding hydrogens is 394 g/mol. The van der Waals surface area contributed by atoms with Gasteiger partial charge in [-0.1, -0.05) is 27.7 Å². The van der Waals surface area contributed by atoms with Crippen molar-refractivity contribution < 1.29 is 27.5 Å². The molecule has 0 aromatic heterocycles. The maximum absolute atomic E-state index is 12.5. The van der Waals surface area contributed by atoms with E-state index >= 15 is 0 Å². The van der Waals surface area contributed by atoms with Gasteiger partial charge in [0.15, 0.2) is 0 Å². The zero-order chi connectivity index (χ0) is 20.2. The first-order valence-corrected chi connectivity index (χ1v) is 9.65. The predicted molar refractivity (Wildman–Crippen MR) is 100 cm³/mol. The number of hydroxylamine groups is 1. The van der Waals surface area contributed by atoms with Gasteiger partial charge in [0.2, 0.25) is 0 Å². The van der Waals surface area contributed by atoms with Gasteiger partial charge in [-0.2, -0.15) is 0 Å². The number of carbonyl (C=O) groups is 1. The van der Waals surface area contributed by atoms with Crippen molar-refractivity contribution >= 4 is 27.6 Å². The maximum Gasteiger partial charge on any atom is 0.340 e. The molecule has 0 aliphatic rings.